The Morgan fingerprint density at radius 3 is 1.89 bits per heavy atom. The van der Waals surface area contributed by atoms with E-state index in [4.69, 9.17) is 0 Å². The first-order valence-corrected chi connectivity index (χ1v) is 10.4. The van der Waals surface area contributed by atoms with Crippen molar-refractivity contribution in [1.29, 1.82) is 0 Å². The molecule has 0 unspecified atom stereocenters. The number of hydrogen-bond donors (Lipinski definition) is 0. The molecule has 2 aliphatic rings. The van der Waals surface area contributed by atoms with Crippen LogP contribution in [0.2, 0.25) is 0 Å². The molecule has 0 N–H and O–H groups in total. The van der Waals surface area contributed by atoms with Crippen molar-refractivity contribution in [3.63, 3.8) is 0 Å². The van der Waals surface area contributed by atoms with E-state index in [1.807, 2.05) is 6.07 Å². The molecular formula is C25H29NO2. The van der Waals surface area contributed by atoms with Crippen LogP contribution in [-0.2, 0) is 21.5 Å². The summed E-state index contributed by atoms with van der Waals surface area (Å²) in [6.07, 6.45) is 4.11. The molecule has 4 rings (SSSR count). The second-order valence-electron chi connectivity index (χ2n) is 8.73. The molecule has 2 aromatic rings. The molecule has 0 bridgehead atoms. The van der Waals surface area contributed by atoms with E-state index in [1.54, 1.807) is 0 Å². The summed E-state index contributed by atoms with van der Waals surface area (Å²) in [6.45, 7) is 1.84. The summed E-state index contributed by atoms with van der Waals surface area (Å²) in [6, 6.07) is 21.2. The quantitative estimate of drug-likeness (QED) is 0.720. The third-order valence-electron chi connectivity index (χ3n) is 6.96. The van der Waals surface area contributed by atoms with E-state index in [9.17, 15) is 9.59 Å². The van der Waals surface area contributed by atoms with Gasteiger partial charge in [-0.3, -0.25) is 9.59 Å². The SMILES string of the molecule is CN(Cc1ccccc1)CC1(c2ccccc2)CCC2(CC1)C(=O)CCC2=O. The van der Waals surface area contributed by atoms with Gasteiger partial charge in [-0.05, 0) is 43.9 Å². The van der Waals surface area contributed by atoms with E-state index in [0.717, 1.165) is 25.9 Å². The minimum Gasteiger partial charge on any atom is -0.301 e. The maximum Gasteiger partial charge on any atom is 0.146 e. The molecule has 1 spiro atoms. The fourth-order valence-electron chi connectivity index (χ4n) is 5.37. The van der Waals surface area contributed by atoms with Crippen LogP contribution in [0.4, 0.5) is 0 Å². The zero-order valence-electron chi connectivity index (χ0n) is 16.7. The van der Waals surface area contributed by atoms with Crippen molar-refractivity contribution in [1.82, 2.24) is 4.90 Å². The lowest BCUT2D eigenvalue weighted by Crippen LogP contribution is -2.47. The molecule has 2 aliphatic carbocycles. The van der Waals surface area contributed by atoms with Crippen molar-refractivity contribution >= 4 is 11.6 Å². The molecule has 0 radical (unpaired) electrons. The summed E-state index contributed by atoms with van der Waals surface area (Å²) >= 11 is 0. The van der Waals surface area contributed by atoms with Crippen LogP contribution >= 0.6 is 0 Å². The number of carbonyl (C=O) groups excluding carboxylic acids is 2. The molecule has 2 saturated carbocycles. The van der Waals surface area contributed by atoms with Crippen LogP contribution < -0.4 is 0 Å². The van der Waals surface area contributed by atoms with Gasteiger partial charge in [-0.15, -0.1) is 0 Å². The lowest BCUT2D eigenvalue weighted by molar-refractivity contribution is -0.138. The summed E-state index contributed by atoms with van der Waals surface area (Å²) in [7, 11) is 2.17. The summed E-state index contributed by atoms with van der Waals surface area (Å²) in [4.78, 5) is 27.5. The normalized spacial score (nSPS) is 20.8. The van der Waals surface area contributed by atoms with E-state index < -0.39 is 5.41 Å². The van der Waals surface area contributed by atoms with Crippen LogP contribution in [0.15, 0.2) is 60.7 Å². The third-order valence-corrected chi connectivity index (χ3v) is 6.96. The van der Waals surface area contributed by atoms with Gasteiger partial charge >= 0.3 is 0 Å². The predicted octanol–water partition coefficient (Wildman–Crippen LogP) is 4.55. The van der Waals surface area contributed by atoms with Crippen LogP contribution in [0.3, 0.4) is 0 Å². The van der Waals surface area contributed by atoms with Crippen molar-refractivity contribution in [3.05, 3.63) is 71.8 Å². The van der Waals surface area contributed by atoms with Gasteiger partial charge in [0.15, 0.2) is 0 Å². The first-order chi connectivity index (χ1) is 13.5. The van der Waals surface area contributed by atoms with Crippen molar-refractivity contribution in [3.8, 4) is 0 Å². The molecule has 0 aliphatic heterocycles. The molecular weight excluding hydrogens is 346 g/mol. The lowest BCUT2D eigenvalue weighted by Gasteiger charge is -2.45. The van der Waals surface area contributed by atoms with E-state index in [-0.39, 0.29) is 17.0 Å². The maximum absolute atomic E-state index is 12.5. The van der Waals surface area contributed by atoms with Crippen LogP contribution in [-0.4, -0.2) is 30.1 Å². The number of Topliss-reactive ketones (excluding diaryl/α,β-unsaturated/α-hetero) is 2. The zero-order valence-corrected chi connectivity index (χ0v) is 16.7. The Balaban J connectivity index is 1.57. The molecule has 28 heavy (non-hydrogen) atoms. The molecule has 0 aromatic heterocycles. The van der Waals surface area contributed by atoms with Crippen molar-refractivity contribution in [2.75, 3.05) is 13.6 Å². The highest BCUT2D eigenvalue weighted by Gasteiger charge is 2.54. The molecule has 3 nitrogen and oxygen atoms in total. The van der Waals surface area contributed by atoms with Crippen molar-refractivity contribution in [2.45, 2.75) is 50.5 Å². The summed E-state index contributed by atoms with van der Waals surface area (Å²) in [5.41, 5.74) is 1.97. The Kier molecular flexibility index (Phi) is 5.20. The summed E-state index contributed by atoms with van der Waals surface area (Å²) in [5, 5.41) is 0. The Morgan fingerprint density at radius 2 is 1.32 bits per heavy atom. The van der Waals surface area contributed by atoms with E-state index >= 15 is 0 Å². The molecule has 0 amide bonds. The number of ketones is 2. The van der Waals surface area contributed by atoms with Gasteiger partial charge in [0, 0.05) is 31.3 Å². The van der Waals surface area contributed by atoms with Crippen LogP contribution in [0.25, 0.3) is 0 Å². The Labute approximate surface area is 167 Å². The average molecular weight is 376 g/mol. The van der Waals surface area contributed by atoms with Gasteiger partial charge in [0.1, 0.15) is 11.6 Å². The first-order valence-electron chi connectivity index (χ1n) is 10.4. The van der Waals surface area contributed by atoms with Gasteiger partial charge in [0.05, 0.1) is 5.41 Å². The second kappa shape index (κ2) is 7.63. The molecule has 2 fully saturated rings. The molecule has 0 saturated heterocycles. The Hall–Kier alpha value is -2.26. The summed E-state index contributed by atoms with van der Waals surface area (Å²) in [5.74, 6) is 0.383. The number of likely N-dealkylation sites (N-methyl/N-ethyl adjacent to an activating group) is 1. The lowest BCUT2D eigenvalue weighted by atomic mass is 9.59. The van der Waals surface area contributed by atoms with Crippen LogP contribution in [0.5, 0.6) is 0 Å². The van der Waals surface area contributed by atoms with Crippen LogP contribution in [0.1, 0.15) is 49.7 Å². The van der Waals surface area contributed by atoms with E-state index in [2.05, 4.69) is 66.5 Å². The number of benzene rings is 2. The van der Waals surface area contributed by atoms with Gasteiger partial charge in [-0.1, -0.05) is 60.7 Å². The maximum atomic E-state index is 12.5. The molecule has 3 heteroatoms. The largest absolute Gasteiger partial charge is 0.301 e. The fraction of sp³-hybridized carbons (Fsp3) is 0.440. The summed E-state index contributed by atoms with van der Waals surface area (Å²) < 4.78 is 0. The van der Waals surface area contributed by atoms with E-state index in [1.165, 1.54) is 11.1 Å². The number of hydrogen-bond acceptors (Lipinski definition) is 3. The van der Waals surface area contributed by atoms with Crippen molar-refractivity contribution < 1.29 is 9.59 Å². The first kappa shape index (κ1) is 19.1. The zero-order chi connectivity index (χ0) is 19.6. The Bertz CT molecular complexity index is 817. The van der Waals surface area contributed by atoms with Gasteiger partial charge in [-0.25, -0.2) is 0 Å². The van der Waals surface area contributed by atoms with Gasteiger partial charge < -0.3 is 4.90 Å². The third kappa shape index (κ3) is 3.44. The van der Waals surface area contributed by atoms with E-state index in [0.29, 0.717) is 25.7 Å². The minimum absolute atomic E-state index is 0.000803. The molecule has 2 aromatic carbocycles. The topological polar surface area (TPSA) is 37.4 Å². The fourth-order valence-corrected chi connectivity index (χ4v) is 5.37. The monoisotopic (exact) mass is 375 g/mol. The van der Waals surface area contributed by atoms with Crippen LogP contribution in [0, 0.1) is 5.41 Å². The average Bonchev–Trinajstić information content (AvgIpc) is 2.99. The number of carbonyl (C=O) groups is 2. The molecule has 0 atom stereocenters. The minimum atomic E-state index is -0.670. The standard InChI is InChI=1S/C25H29NO2/c1-26(18-20-8-4-2-5-9-20)19-24(21-10-6-3-7-11-21)14-16-25(17-15-24)22(27)12-13-23(25)28/h2-11H,12-19H2,1H3. The smallest absolute Gasteiger partial charge is 0.146 e. The molecule has 146 valence electrons. The van der Waals surface area contributed by atoms with Gasteiger partial charge in [0.25, 0.3) is 0 Å². The number of nitrogens with zero attached hydrogens (tertiary/aromatic N) is 1. The van der Waals surface area contributed by atoms with Crippen molar-refractivity contribution in [2.24, 2.45) is 5.41 Å². The van der Waals surface area contributed by atoms with Gasteiger partial charge in [-0.2, -0.15) is 0 Å². The molecule has 0 heterocycles. The van der Waals surface area contributed by atoms with Gasteiger partial charge in [0.2, 0.25) is 0 Å². The predicted molar refractivity (Wildman–Crippen MR) is 111 cm³/mol. The highest BCUT2D eigenvalue weighted by atomic mass is 16.2. The highest BCUT2D eigenvalue weighted by molar-refractivity contribution is 6.12. The highest BCUT2D eigenvalue weighted by Crippen LogP contribution is 2.51. The Morgan fingerprint density at radius 1 is 0.786 bits per heavy atom. The second-order valence-corrected chi connectivity index (χ2v) is 8.73. The number of rotatable bonds is 5.